The quantitative estimate of drug-likeness (QED) is 0.718. The number of nitrogens with zero attached hydrogens (tertiary/aromatic N) is 4. The highest BCUT2D eigenvalue weighted by Crippen LogP contribution is 2.34. The zero-order valence-electron chi connectivity index (χ0n) is 16.0. The number of likely N-dealkylation sites (tertiary alicyclic amines) is 2. The van der Waals surface area contributed by atoms with E-state index in [9.17, 15) is 9.59 Å². The third kappa shape index (κ3) is 4.63. The third-order valence-electron chi connectivity index (χ3n) is 4.39. The minimum absolute atomic E-state index is 0.0166. The molecular formula is C17H25ClN4O5. The van der Waals surface area contributed by atoms with Crippen LogP contribution in [0, 0.1) is 0 Å². The molecule has 1 aromatic heterocycles. The van der Waals surface area contributed by atoms with Crippen molar-refractivity contribution < 1.29 is 23.6 Å². The molecule has 2 saturated heterocycles. The second-order valence-electron chi connectivity index (χ2n) is 7.85. The number of alkyl halides is 1. The van der Waals surface area contributed by atoms with E-state index in [1.807, 2.05) is 20.8 Å². The molecule has 10 heteroatoms. The van der Waals surface area contributed by atoms with Gasteiger partial charge in [-0.05, 0) is 40.5 Å². The number of amides is 2. The van der Waals surface area contributed by atoms with Crippen molar-refractivity contribution in [1.82, 2.24) is 19.9 Å². The summed E-state index contributed by atoms with van der Waals surface area (Å²) < 4.78 is 15.8. The Hall–Kier alpha value is -2.03. The van der Waals surface area contributed by atoms with Crippen molar-refractivity contribution >= 4 is 23.8 Å². The summed E-state index contributed by atoms with van der Waals surface area (Å²) in [7, 11) is 0. The Kier molecular flexibility index (Phi) is 5.50. The molecule has 9 nitrogen and oxygen atoms in total. The molecule has 2 fully saturated rings. The second kappa shape index (κ2) is 7.53. The largest absolute Gasteiger partial charge is 0.444 e. The highest BCUT2D eigenvalue weighted by atomic mass is 35.5. The molecule has 3 heterocycles. The Labute approximate surface area is 162 Å². The highest BCUT2D eigenvalue weighted by molar-refractivity contribution is 6.19. The average Bonchev–Trinajstić information content (AvgIpc) is 3.11. The summed E-state index contributed by atoms with van der Waals surface area (Å²) in [5.41, 5.74) is -1.23. The summed E-state index contributed by atoms with van der Waals surface area (Å²) in [4.78, 5) is 31.8. The third-order valence-corrected chi connectivity index (χ3v) is 4.48. The fraction of sp³-hybridized carbons (Fsp3) is 0.765. The van der Waals surface area contributed by atoms with Crippen LogP contribution in [0.2, 0.25) is 0 Å². The maximum Gasteiger partial charge on any atom is 0.411 e. The van der Waals surface area contributed by atoms with E-state index in [0.29, 0.717) is 31.3 Å². The first kappa shape index (κ1) is 19.7. The molecule has 27 heavy (non-hydrogen) atoms. The van der Waals surface area contributed by atoms with E-state index in [1.165, 1.54) is 4.90 Å². The molecule has 0 bridgehead atoms. The van der Waals surface area contributed by atoms with Crippen LogP contribution >= 0.6 is 11.6 Å². The first-order valence-electron chi connectivity index (χ1n) is 9.07. The van der Waals surface area contributed by atoms with Gasteiger partial charge in [0, 0.05) is 19.6 Å². The van der Waals surface area contributed by atoms with Crippen LogP contribution in [-0.4, -0.2) is 62.9 Å². The van der Waals surface area contributed by atoms with E-state index in [4.69, 9.17) is 25.6 Å². The van der Waals surface area contributed by atoms with Crippen LogP contribution in [0.15, 0.2) is 4.52 Å². The lowest BCUT2D eigenvalue weighted by atomic mass is 10.0. The molecule has 0 saturated carbocycles. The van der Waals surface area contributed by atoms with Gasteiger partial charge in [0.05, 0.1) is 5.92 Å². The molecule has 0 spiro atoms. The number of aromatic nitrogens is 2. The molecule has 1 aromatic rings. The fourth-order valence-electron chi connectivity index (χ4n) is 3.12. The van der Waals surface area contributed by atoms with Gasteiger partial charge in [-0.2, -0.15) is 4.98 Å². The first-order valence-corrected chi connectivity index (χ1v) is 9.50. The van der Waals surface area contributed by atoms with E-state index < -0.39 is 17.3 Å². The van der Waals surface area contributed by atoms with E-state index in [2.05, 4.69) is 10.1 Å². The second-order valence-corrected chi connectivity index (χ2v) is 8.47. The number of carbonyl (C=O) groups is 2. The average molecular weight is 401 g/mol. The van der Waals surface area contributed by atoms with Gasteiger partial charge in [-0.3, -0.25) is 4.90 Å². The van der Waals surface area contributed by atoms with Gasteiger partial charge in [0.25, 0.3) is 0 Å². The molecule has 0 aromatic carbocycles. The molecule has 0 aliphatic carbocycles. The summed E-state index contributed by atoms with van der Waals surface area (Å²) in [6.45, 7) is 8.57. The molecule has 150 valence electrons. The van der Waals surface area contributed by atoms with Gasteiger partial charge in [-0.1, -0.05) is 16.8 Å². The molecule has 2 aliphatic rings. The first-order chi connectivity index (χ1) is 12.6. The minimum atomic E-state index is -0.672. The molecule has 3 rings (SSSR count). The lowest BCUT2D eigenvalue weighted by molar-refractivity contribution is 0.0199. The smallest absolute Gasteiger partial charge is 0.411 e. The molecule has 1 unspecified atom stereocenters. The Bertz CT molecular complexity index is 696. The van der Waals surface area contributed by atoms with E-state index in [1.54, 1.807) is 11.8 Å². The number of rotatable bonds is 3. The highest BCUT2D eigenvalue weighted by Gasteiger charge is 2.40. The number of carbonyl (C=O) groups excluding carboxylic acids is 2. The molecule has 2 aliphatic heterocycles. The van der Waals surface area contributed by atoms with Gasteiger partial charge in [-0.25, -0.2) is 9.59 Å². The monoisotopic (exact) mass is 400 g/mol. The van der Waals surface area contributed by atoms with Crippen molar-refractivity contribution in [2.24, 2.45) is 0 Å². The minimum Gasteiger partial charge on any atom is -0.444 e. The Morgan fingerprint density at radius 1 is 1.30 bits per heavy atom. The van der Waals surface area contributed by atoms with Crippen molar-refractivity contribution in [3.8, 4) is 0 Å². The van der Waals surface area contributed by atoms with Gasteiger partial charge in [0.2, 0.25) is 5.89 Å². The normalized spacial score (nSPS) is 21.7. The van der Waals surface area contributed by atoms with E-state index >= 15 is 0 Å². The van der Waals surface area contributed by atoms with Crippen LogP contribution < -0.4 is 0 Å². The molecule has 2 atom stereocenters. The van der Waals surface area contributed by atoms with Gasteiger partial charge < -0.3 is 18.9 Å². The van der Waals surface area contributed by atoms with E-state index in [-0.39, 0.29) is 18.1 Å². The topological polar surface area (TPSA) is 98.0 Å². The zero-order chi connectivity index (χ0) is 19.8. The van der Waals surface area contributed by atoms with Crippen LogP contribution in [-0.2, 0) is 9.47 Å². The standard InChI is InChI=1S/C17H25ClN4O5/c1-10(18)25-15(23)21-8-11(9-21)13-19-14(27-20-13)12-6-5-7-22(12)16(24)26-17(2,3)4/h10-12H,5-9H2,1-4H3/t10?,12-/m0/s1. The number of hydrogen-bond donors (Lipinski definition) is 0. The summed E-state index contributed by atoms with van der Waals surface area (Å²) >= 11 is 5.65. The fourth-order valence-corrected chi connectivity index (χ4v) is 3.19. The van der Waals surface area contributed by atoms with Crippen LogP contribution in [0.25, 0.3) is 0 Å². The summed E-state index contributed by atoms with van der Waals surface area (Å²) in [5.74, 6) is 0.921. The molecule has 2 amide bonds. The van der Waals surface area contributed by atoms with Crippen molar-refractivity contribution in [2.75, 3.05) is 19.6 Å². The van der Waals surface area contributed by atoms with Crippen molar-refractivity contribution in [1.29, 1.82) is 0 Å². The van der Waals surface area contributed by atoms with Crippen molar-refractivity contribution in [3.05, 3.63) is 11.7 Å². The predicted molar refractivity (Wildman–Crippen MR) is 95.3 cm³/mol. The SMILES string of the molecule is CC(Cl)OC(=O)N1CC(c2noc([C@@H]3CCCN3C(=O)OC(C)(C)C)n2)C1. The van der Waals surface area contributed by atoms with Crippen LogP contribution in [0.1, 0.15) is 64.2 Å². The van der Waals surface area contributed by atoms with Crippen LogP contribution in [0.5, 0.6) is 0 Å². The predicted octanol–water partition coefficient (Wildman–Crippen LogP) is 3.26. The molecule has 0 N–H and O–H groups in total. The Morgan fingerprint density at radius 2 is 2.00 bits per heavy atom. The van der Waals surface area contributed by atoms with E-state index in [0.717, 1.165) is 12.8 Å². The number of halogens is 1. The molecular weight excluding hydrogens is 376 g/mol. The summed E-state index contributed by atoms with van der Waals surface area (Å²) in [6.07, 6.45) is 0.765. The molecule has 0 radical (unpaired) electrons. The van der Waals surface area contributed by atoms with Gasteiger partial charge in [-0.15, -0.1) is 0 Å². The number of ether oxygens (including phenoxy) is 2. The van der Waals surface area contributed by atoms with Crippen molar-refractivity contribution in [2.45, 2.75) is 63.7 Å². The van der Waals surface area contributed by atoms with Gasteiger partial charge in [0.15, 0.2) is 11.4 Å². The van der Waals surface area contributed by atoms with Gasteiger partial charge in [0.1, 0.15) is 11.6 Å². The Balaban J connectivity index is 1.59. The lowest BCUT2D eigenvalue weighted by Crippen LogP contribution is -2.49. The maximum absolute atomic E-state index is 12.4. The van der Waals surface area contributed by atoms with Gasteiger partial charge >= 0.3 is 12.2 Å². The van der Waals surface area contributed by atoms with Crippen LogP contribution in [0.4, 0.5) is 9.59 Å². The number of hydrogen-bond acceptors (Lipinski definition) is 7. The van der Waals surface area contributed by atoms with Crippen LogP contribution in [0.3, 0.4) is 0 Å². The lowest BCUT2D eigenvalue weighted by Gasteiger charge is -2.36. The van der Waals surface area contributed by atoms with Crippen molar-refractivity contribution in [3.63, 3.8) is 0 Å². The summed E-state index contributed by atoms with van der Waals surface area (Å²) in [6, 6.07) is -0.278. The Morgan fingerprint density at radius 3 is 2.63 bits per heavy atom. The summed E-state index contributed by atoms with van der Waals surface area (Å²) in [5, 5.41) is 4.04. The zero-order valence-corrected chi connectivity index (χ0v) is 16.7. The maximum atomic E-state index is 12.4.